The van der Waals surface area contributed by atoms with Crippen LogP contribution in [0.4, 0.5) is 5.69 Å². The highest BCUT2D eigenvalue weighted by atomic mass is 16.5. The number of benzene rings is 1. The molecule has 2 N–H and O–H groups in total. The molecular formula is C20H22N4O5. The summed E-state index contributed by atoms with van der Waals surface area (Å²) in [6.07, 6.45) is 2.09. The summed E-state index contributed by atoms with van der Waals surface area (Å²) in [5.41, 5.74) is 1.16. The molecule has 4 amide bonds. The Morgan fingerprint density at radius 3 is 2.45 bits per heavy atom. The minimum Gasteiger partial charge on any atom is -0.489 e. The van der Waals surface area contributed by atoms with Gasteiger partial charge in [0.25, 0.3) is 11.8 Å². The molecule has 152 valence electrons. The van der Waals surface area contributed by atoms with E-state index in [0.717, 1.165) is 36.5 Å². The van der Waals surface area contributed by atoms with Gasteiger partial charge in [-0.15, -0.1) is 0 Å². The molecule has 0 saturated carbocycles. The molecule has 0 aliphatic carbocycles. The third-order valence-electron chi connectivity index (χ3n) is 6.62. The normalized spacial score (nSPS) is 25.6. The van der Waals surface area contributed by atoms with Gasteiger partial charge < -0.3 is 15.0 Å². The summed E-state index contributed by atoms with van der Waals surface area (Å²) in [5.74, 6) is -1.44. The van der Waals surface area contributed by atoms with Crippen molar-refractivity contribution in [2.24, 2.45) is 0 Å². The number of rotatable bonds is 1. The van der Waals surface area contributed by atoms with Crippen molar-refractivity contribution in [3.8, 4) is 5.75 Å². The van der Waals surface area contributed by atoms with Gasteiger partial charge in [0, 0.05) is 13.5 Å². The number of hydrogen-bond donors (Lipinski definition) is 2. The van der Waals surface area contributed by atoms with Crippen LogP contribution in [0.2, 0.25) is 0 Å². The number of anilines is 1. The molecule has 0 aromatic heterocycles. The molecule has 1 atom stereocenters. The molecule has 9 heteroatoms. The monoisotopic (exact) mass is 398 g/mol. The summed E-state index contributed by atoms with van der Waals surface area (Å²) in [6.45, 7) is 2.32. The summed E-state index contributed by atoms with van der Waals surface area (Å²) in [7, 11) is 2.00. The quantitative estimate of drug-likeness (QED) is 0.643. The smallest absolute Gasteiger partial charge is 0.262 e. The van der Waals surface area contributed by atoms with Gasteiger partial charge in [-0.05, 0) is 44.5 Å². The maximum atomic E-state index is 13.1. The zero-order valence-electron chi connectivity index (χ0n) is 16.1. The Kier molecular flexibility index (Phi) is 3.92. The summed E-state index contributed by atoms with van der Waals surface area (Å²) in [4.78, 5) is 52.8. The second-order valence-corrected chi connectivity index (χ2v) is 8.13. The van der Waals surface area contributed by atoms with E-state index in [1.54, 1.807) is 12.1 Å². The Labute approximate surface area is 167 Å². The van der Waals surface area contributed by atoms with Crippen LogP contribution in [-0.2, 0) is 9.59 Å². The van der Waals surface area contributed by atoms with E-state index in [1.807, 2.05) is 7.05 Å². The molecule has 0 radical (unpaired) electrons. The number of nitrogens with zero attached hydrogens (tertiary/aromatic N) is 2. The molecule has 2 saturated heterocycles. The standard InChI is InChI=1S/C20H22N4O5/c1-23-14-8-11-12(9-15(14)29-10-20(23)4-6-21-7-5-20)19(28)24(18(11)27)13-2-3-16(25)22-17(13)26/h8-9,13,21H,2-7,10H2,1H3,(H,22,25,26). The number of fused-ring (bicyclic) bond motifs is 2. The number of likely N-dealkylation sites (N-methyl/N-ethyl adjacent to an activating group) is 1. The number of ether oxygens (including phenoxy) is 1. The largest absolute Gasteiger partial charge is 0.489 e. The Morgan fingerprint density at radius 2 is 1.76 bits per heavy atom. The average Bonchev–Trinajstić information content (AvgIpc) is 2.95. The third kappa shape index (κ3) is 2.57. The molecule has 4 aliphatic heterocycles. The van der Waals surface area contributed by atoms with E-state index in [0.29, 0.717) is 12.4 Å². The first-order chi connectivity index (χ1) is 13.9. The second-order valence-electron chi connectivity index (χ2n) is 8.13. The van der Waals surface area contributed by atoms with Crippen LogP contribution in [0.5, 0.6) is 5.75 Å². The summed E-state index contributed by atoms with van der Waals surface area (Å²) in [5, 5.41) is 5.57. The Hall–Kier alpha value is -2.94. The number of nitrogens with one attached hydrogen (secondary N) is 2. The van der Waals surface area contributed by atoms with Crippen molar-refractivity contribution in [2.45, 2.75) is 37.3 Å². The van der Waals surface area contributed by atoms with Gasteiger partial charge in [0.2, 0.25) is 11.8 Å². The Bertz CT molecular complexity index is 952. The van der Waals surface area contributed by atoms with Crippen LogP contribution in [0.1, 0.15) is 46.4 Å². The fraction of sp³-hybridized carbons (Fsp3) is 0.500. The Balaban J connectivity index is 1.50. The van der Waals surface area contributed by atoms with Crippen LogP contribution >= 0.6 is 0 Å². The van der Waals surface area contributed by atoms with Gasteiger partial charge >= 0.3 is 0 Å². The summed E-state index contributed by atoms with van der Waals surface area (Å²) < 4.78 is 6.04. The summed E-state index contributed by atoms with van der Waals surface area (Å²) >= 11 is 0. The molecule has 2 fully saturated rings. The van der Waals surface area contributed by atoms with Crippen LogP contribution in [-0.4, -0.2) is 66.9 Å². The lowest BCUT2D eigenvalue weighted by atomic mass is 9.85. The van der Waals surface area contributed by atoms with Gasteiger partial charge in [-0.25, -0.2) is 0 Å². The van der Waals surface area contributed by atoms with E-state index >= 15 is 0 Å². The molecular weight excluding hydrogens is 376 g/mol. The van der Waals surface area contributed by atoms with Crippen LogP contribution in [0, 0.1) is 0 Å². The van der Waals surface area contributed by atoms with Gasteiger partial charge in [0.15, 0.2) is 0 Å². The lowest BCUT2D eigenvalue weighted by molar-refractivity contribution is -0.136. The number of hydrogen-bond acceptors (Lipinski definition) is 7. The molecule has 1 unspecified atom stereocenters. The lowest BCUT2D eigenvalue weighted by Crippen LogP contribution is -2.58. The zero-order chi connectivity index (χ0) is 20.3. The molecule has 4 heterocycles. The van der Waals surface area contributed by atoms with E-state index in [1.165, 1.54) is 0 Å². The van der Waals surface area contributed by atoms with Crippen LogP contribution in [0.3, 0.4) is 0 Å². The number of piperidine rings is 2. The lowest BCUT2D eigenvalue weighted by Gasteiger charge is -2.49. The molecule has 0 bridgehead atoms. The molecule has 1 aromatic rings. The molecule has 4 aliphatic rings. The van der Waals surface area contributed by atoms with Gasteiger partial charge in [0.05, 0.1) is 22.4 Å². The highest BCUT2D eigenvalue weighted by Crippen LogP contribution is 2.44. The number of carbonyl (C=O) groups is 4. The van der Waals surface area contributed by atoms with Crippen molar-refractivity contribution in [2.75, 3.05) is 31.6 Å². The maximum Gasteiger partial charge on any atom is 0.262 e. The highest BCUT2D eigenvalue weighted by molar-refractivity contribution is 6.24. The van der Waals surface area contributed by atoms with Gasteiger partial charge in [-0.3, -0.25) is 29.4 Å². The van der Waals surface area contributed by atoms with Crippen LogP contribution in [0.25, 0.3) is 0 Å². The predicted molar refractivity (Wildman–Crippen MR) is 102 cm³/mol. The predicted octanol–water partition coefficient (Wildman–Crippen LogP) is 0.0386. The first-order valence-corrected chi connectivity index (χ1v) is 9.88. The van der Waals surface area contributed by atoms with Crippen molar-refractivity contribution in [1.82, 2.24) is 15.5 Å². The molecule has 5 rings (SSSR count). The Morgan fingerprint density at radius 1 is 1.07 bits per heavy atom. The first-order valence-electron chi connectivity index (χ1n) is 9.88. The van der Waals surface area contributed by atoms with E-state index in [9.17, 15) is 19.2 Å². The number of carbonyl (C=O) groups excluding carboxylic acids is 4. The zero-order valence-corrected chi connectivity index (χ0v) is 16.1. The van der Waals surface area contributed by atoms with E-state index < -0.39 is 23.8 Å². The SMILES string of the molecule is CN1c2cc3c(cc2OCC12CCNCC2)C(=O)N(C1CCC(=O)NC1=O)C3=O. The van der Waals surface area contributed by atoms with Gasteiger partial charge in [-0.2, -0.15) is 0 Å². The van der Waals surface area contributed by atoms with Crippen molar-refractivity contribution in [3.05, 3.63) is 23.3 Å². The maximum absolute atomic E-state index is 13.1. The topological polar surface area (TPSA) is 108 Å². The average molecular weight is 398 g/mol. The van der Waals surface area contributed by atoms with Crippen molar-refractivity contribution in [1.29, 1.82) is 0 Å². The third-order valence-corrected chi connectivity index (χ3v) is 6.62. The van der Waals surface area contributed by atoms with E-state index in [-0.39, 0.29) is 35.4 Å². The van der Waals surface area contributed by atoms with Crippen LogP contribution in [0.15, 0.2) is 12.1 Å². The number of amides is 4. The molecule has 29 heavy (non-hydrogen) atoms. The molecule has 9 nitrogen and oxygen atoms in total. The minimum atomic E-state index is -0.966. The van der Waals surface area contributed by atoms with Gasteiger partial charge in [0.1, 0.15) is 18.4 Å². The minimum absolute atomic E-state index is 0.0999. The van der Waals surface area contributed by atoms with Crippen molar-refractivity contribution >= 4 is 29.3 Å². The fourth-order valence-electron chi connectivity index (χ4n) is 4.80. The van der Waals surface area contributed by atoms with E-state index in [2.05, 4.69) is 15.5 Å². The molecule has 1 aromatic carbocycles. The fourth-order valence-corrected chi connectivity index (χ4v) is 4.80. The van der Waals surface area contributed by atoms with Crippen molar-refractivity contribution < 1.29 is 23.9 Å². The van der Waals surface area contributed by atoms with Crippen LogP contribution < -0.4 is 20.3 Å². The van der Waals surface area contributed by atoms with Crippen molar-refractivity contribution in [3.63, 3.8) is 0 Å². The van der Waals surface area contributed by atoms with Gasteiger partial charge in [-0.1, -0.05) is 0 Å². The second kappa shape index (κ2) is 6.28. The highest BCUT2D eigenvalue weighted by Gasteiger charge is 2.47. The van der Waals surface area contributed by atoms with E-state index in [4.69, 9.17) is 4.74 Å². The number of imide groups is 2. The first kappa shape index (κ1) is 18.1. The molecule has 1 spiro atoms. The summed E-state index contributed by atoms with van der Waals surface area (Å²) in [6, 6.07) is 2.35.